The lowest BCUT2D eigenvalue weighted by molar-refractivity contribution is -0.385. The average Bonchev–Trinajstić information content (AvgIpc) is 2.58. The molecule has 0 heterocycles. The Hall–Kier alpha value is -3.16. The van der Waals surface area contributed by atoms with Gasteiger partial charge in [0.05, 0.1) is 14.7 Å². The molecule has 0 atom stereocenters. The van der Waals surface area contributed by atoms with Gasteiger partial charge in [-0.15, -0.1) is 0 Å². The highest BCUT2D eigenvalue weighted by Gasteiger charge is 2.19. The van der Waals surface area contributed by atoms with Crippen molar-refractivity contribution in [3.8, 4) is 0 Å². The van der Waals surface area contributed by atoms with E-state index < -0.39 is 46.9 Å². The molecule has 142 valence electrons. The molecule has 0 bridgehead atoms. The molecule has 0 aliphatic carbocycles. The zero-order valence-corrected chi connectivity index (χ0v) is 14.8. The molecule has 0 aliphatic rings. The molecule has 0 saturated heterocycles. The molecule has 0 fully saturated rings. The number of hydrogen-bond acceptors (Lipinski definition) is 8. The molecule has 27 heavy (non-hydrogen) atoms. The van der Waals surface area contributed by atoms with Crippen LogP contribution in [-0.2, 0) is 20.8 Å². The predicted octanol–water partition coefficient (Wildman–Crippen LogP) is 1.89. The van der Waals surface area contributed by atoms with Crippen molar-refractivity contribution in [3.63, 3.8) is 0 Å². The van der Waals surface area contributed by atoms with Crippen LogP contribution in [0.2, 0.25) is 0 Å². The van der Waals surface area contributed by atoms with Crippen molar-refractivity contribution in [2.75, 3.05) is 0 Å². The van der Waals surface area contributed by atoms with Crippen LogP contribution in [-0.4, -0.2) is 31.2 Å². The van der Waals surface area contributed by atoms with Crippen LogP contribution in [0.4, 0.5) is 11.4 Å². The van der Waals surface area contributed by atoms with E-state index in [1.807, 2.05) is 0 Å². The number of thiol groups is 1. The Morgan fingerprint density at radius 1 is 0.889 bits per heavy atom. The maximum Gasteiger partial charge on any atom is 0.295 e. The van der Waals surface area contributed by atoms with E-state index in [0.29, 0.717) is 6.07 Å². The molecule has 2 rings (SSSR count). The number of hydrogen-bond donors (Lipinski definition) is 2. The lowest BCUT2D eigenvalue weighted by Gasteiger charge is -2.04. The van der Waals surface area contributed by atoms with Gasteiger partial charge in [-0.2, -0.15) is 8.42 Å². The Bertz CT molecular complexity index is 1140. The normalized spacial score (nSPS) is 11.8. The maximum absolute atomic E-state index is 11.5. The van der Waals surface area contributed by atoms with Crippen molar-refractivity contribution in [1.29, 1.82) is 0 Å². The van der Waals surface area contributed by atoms with Crippen molar-refractivity contribution in [1.82, 2.24) is 0 Å². The fraction of sp³-hybridized carbons (Fsp3) is 0. The largest absolute Gasteiger partial charge is 0.295 e. The Labute approximate surface area is 153 Å². The maximum atomic E-state index is 11.5. The van der Waals surface area contributed by atoms with Gasteiger partial charge in [0, 0.05) is 24.3 Å². The van der Waals surface area contributed by atoms with E-state index in [0.717, 1.165) is 42.5 Å². The molecule has 0 unspecified atom stereocenters. The molecule has 0 spiro atoms. The zero-order chi connectivity index (χ0) is 20.4. The van der Waals surface area contributed by atoms with Crippen LogP contribution in [0.15, 0.2) is 46.2 Å². The van der Waals surface area contributed by atoms with E-state index >= 15 is 0 Å². The summed E-state index contributed by atoms with van der Waals surface area (Å²) in [5.41, 5.74) is -1.14. The molecule has 2 aromatic carbocycles. The highest BCUT2D eigenvalue weighted by Crippen LogP contribution is 2.26. The minimum Gasteiger partial charge on any atom is -0.282 e. The molecule has 0 saturated carbocycles. The van der Waals surface area contributed by atoms with E-state index in [9.17, 15) is 41.6 Å². The van der Waals surface area contributed by atoms with Gasteiger partial charge in [-0.3, -0.25) is 24.8 Å². The first kappa shape index (κ1) is 20.2. The quantitative estimate of drug-likeness (QED) is 0.235. The highest BCUT2D eigenvalue weighted by atomic mass is 32.2. The third kappa shape index (κ3) is 4.72. The van der Waals surface area contributed by atoms with Crippen LogP contribution in [0.1, 0.15) is 11.1 Å². The minimum absolute atomic E-state index is 0.0244. The number of nitrogens with zero attached hydrogens (tertiary/aromatic N) is 2. The summed E-state index contributed by atoms with van der Waals surface area (Å²) < 4.78 is 54.8. The van der Waals surface area contributed by atoms with Crippen LogP contribution in [0.3, 0.4) is 0 Å². The van der Waals surface area contributed by atoms with Crippen LogP contribution in [0.25, 0.3) is 12.2 Å². The number of nitro groups is 2. The summed E-state index contributed by atoms with van der Waals surface area (Å²) in [4.78, 5) is 18.8. The fourth-order valence-electron chi connectivity index (χ4n) is 2.12. The van der Waals surface area contributed by atoms with E-state index in [4.69, 9.17) is 0 Å². The van der Waals surface area contributed by atoms with Crippen molar-refractivity contribution >= 4 is 44.3 Å². The van der Waals surface area contributed by atoms with Gasteiger partial charge in [0.2, 0.25) is 0 Å². The van der Waals surface area contributed by atoms with Crippen LogP contribution >= 0.6 is 0 Å². The average molecular weight is 414 g/mol. The van der Waals surface area contributed by atoms with Crippen molar-refractivity contribution in [2.45, 2.75) is 9.79 Å². The summed E-state index contributed by atoms with van der Waals surface area (Å²) in [6, 6.07) is 5.75. The zero-order valence-electron chi connectivity index (χ0n) is 13.1. The molecule has 0 amide bonds. The van der Waals surface area contributed by atoms with Crippen LogP contribution in [0.5, 0.6) is 0 Å². The summed E-state index contributed by atoms with van der Waals surface area (Å²) in [7, 11) is -8.00. The lowest BCUT2D eigenvalue weighted by Crippen LogP contribution is -2.02. The second-order valence-corrected chi connectivity index (χ2v) is 7.43. The van der Waals surface area contributed by atoms with E-state index in [1.165, 1.54) is 0 Å². The first-order valence-electron chi connectivity index (χ1n) is 6.87. The van der Waals surface area contributed by atoms with Gasteiger partial charge >= 0.3 is 0 Å². The Kier molecular flexibility index (Phi) is 5.68. The third-order valence-electron chi connectivity index (χ3n) is 3.35. The van der Waals surface area contributed by atoms with Gasteiger partial charge in [-0.1, -0.05) is 12.2 Å². The molecule has 0 aliphatic heterocycles. The highest BCUT2D eigenvalue weighted by molar-refractivity contribution is 7.86. The Morgan fingerprint density at radius 2 is 1.37 bits per heavy atom. The smallest absolute Gasteiger partial charge is 0.282 e. The second kappa shape index (κ2) is 7.61. The fourth-order valence-corrected chi connectivity index (χ4v) is 3.42. The molecule has 11 nitrogen and oxygen atoms in total. The summed E-state index contributed by atoms with van der Waals surface area (Å²) >= 11 is 0. The second-order valence-electron chi connectivity index (χ2n) is 5.04. The molecular weight excluding hydrogens is 404 g/mol. The molecule has 0 aromatic heterocycles. The van der Waals surface area contributed by atoms with Crippen molar-refractivity contribution < 1.29 is 31.2 Å². The number of non-ortho nitro benzene ring substituents is 2. The van der Waals surface area contributed by atoms with Gasteiger partial charge in [0.15, 0.2) is 10.7 Å². The summed E-state index contributed by atoms with van der Waals surface area (Å²) in [6.45, 7) is 0. The molecule has 2 aromatic rings. The topological polar surface area (TPSA) is 175 Å². The van der Waals surface area contributed by atoms with E-state index in [2.05, 4.69) is 0 Å². The monoisotopic (exact) mass is 414 g/mol. The number of nitro benzene ring substituents is 2. The van der Waals surface area contributed by atoms with E-state index in [1.54, 1.807) is 0 Å². The Morgan fingerprint density at radius 3 is 1.85 bits per heavy atom. The standard InChI is InChI=1S/C14H10N2O9S2/c17-15(18)11-5-3-9(13(7-11)26(21)22)1-2-10-4-6-12(16(19)20)8-14(10)27(23,24)25/h1-8,26H,(H,23,24,25)/b2-1+. The van der Waals surface area contributed by atoms with Crippen molar-refractivity contribution in [3.05, 3.63) is 67.8 Å². The van der Waals surface area contributed by atoms with Crippen LogP contribution in [0, 0.1) is 20.2 Å². The van der Waals surface area contributed by atoms with Gasteiger partial charge in [0.1, 0.15) is 4.90 Å². The first-order chi connectivity index (χ1) is 12.5. The number of benzene rings is 2. The Balaban J connectivity index is 2.59. The third-order valence-corrected chi connectivity index (χ3v) is 5.04. The SMILES string of the molecule is O=[N+]([O-])c1ccc(/C=C/c2ccc([N+](=O)[O-])cc2S(=O)(=O)O)c([SH](=O)=O)c1. The van der Waals surface area contributed by atoms with Gasteiger partial charge in [-0.25, -0.2) is 8.42 Å². The summed E-state index contributed by atoms with van der Waals surface area (Å²) in [6.07, 6.45) is 2.26. The predicted molar refractivity (Wildman–Crippen MR) is 93.5 cm³/mol. The minimum atomic E-state index is -4.80. The van der Waals surface area contributed by atoms with Crippen molar-refractivity contribution in [2.24, 2.45) is 0 Å². The summed E-state index contributed by atoms with van der Waals surface area (Å²) in [5.74, 6) is 0. The number of rotatable bonds is 6. The lowest BCUT2D eigenvalue weighted by atomic mass is 10.1. The van der Waals surface area contributed by atoms with Gasteiger partial charge in [-0.05, 0) is 23.3 Å². The van der Waals surface area contributed by atoms with Crippen LogP contribution < -0.4 is 0 Å². The van der Waals surface area contributed by atoms with E-state index in [-0.39, 0.29) is 16.0 Å². The van der Waals surface area contributed by atoms with Gasteiger partial charge in [0.25, 0.3) is 21.5 Å². The molecule has 13 heteroatoms. The molecule has 0 radical (unpaired) electrons. The molecule has 1 N–H and O–H groups in total. The summed E-state index contributed by atoms with van der Waals surface area (Å²) in [5, 5.41) is 21.5. The molecular formula is C14H10N2O9S2. The first-order valence-corrected chi connectivity index (χ1v) is 9.49. The van der Waals surface area contributed by atoms with Gasteiger partial charge < -0.3 is 0 Å².